The zero-order valence-electron chi connectivity index (χ0n) is 11.1. The normalized spacial score (nSPS) is 23.5. The fraction of sp³-hybridized carbons (Fsp3) is 0.750. The summed E-state index contributed by atoms with van der Waals surface area (Å²) in [5.74, 6) is -0.279. The molecular formula is C12H20ClN3O3. The summed E-state index contributed by atoms with van der Waals surface area (Å²) in [5, 5.41) is 3.27. The largest absolute Gasteiger partial charge is 0.340 e. The first kappa shape index (κ1) is 15.9. The lowest BCUT2D eigenvalue weighted by molar-refractivity contribution is -0.139. The average molecular weight is 290 g/mol. The number of piperazine rings is 1. The molecule has 2 heterocycles. The van der Waals surface area contributed by atoms with Crippen LogP contribution in [-0.2, 0) is 14.4 Å². The molecule has 0 bridgehead atoms. The number of hydrogen-bond donors (Lipinski definition) is 1. The summed E-state index contributed by atoms with van der Waals surface area (Å²) in [6.07, 6.45) is 0.819. The first-order valence-corrected chi connectivity index (χ1v) is 6.42. The van der Waals surface area contributed by atoms with Gasteiger partial charge in [-0.25, -0.2) is 0 Å². The molecule has 2 aliphatic rings. The molecular weight excluding hydrogens is 270 g/mol. The van der Waals surface area contributed by atoms with E-state index in [2.05, 4.69) is 5.32 Å². The van der Waals surface area contributed by atoms with Crippen LogP contribution < -0.4 is 5.32 Å². The van der Waals surface area contributed by atoms with Crippen molar-refractivity contribution in [2.45, 2.75) is 32.2 Å². The van der Waals surface area contributed by atoms with E-state index in [1.165, 1.54) is 4.90 Å². The standard InChI is InChI=1S/C12H19N3O3.ClH/c1-9-8-14(7-5-13-9)10(16)4-6-15-11(17)2-3-12(15)18;/h9,13H,2-8H2,1H3;1H. The number of hydrogen-bond acceptors (Lipinski definition) is 4. The monoisotopic (exact) mass is 289 g/mol. The maximum absolute atomic E-state index is 12.0. The van der Waals surface area contributed by atoms with E-state index in [4.69, 9.17) is 0 Å². The molecule has 7 heteroatoms. The van der Waals surface area contributed by atoms with Crippen LogP contribution in [0.25, 0.3) is 0 Å². The fourth-order valence-electron chi connectivity index (χ4n) is 2.40. The highest BCUT2D eigenvalue weighted by Gasteiger charge is 2.29. The van der Waals surface area contributed by atoms with Crippen molar-refractivity contribution < 1.29 is 14.4 Å². The number of nitrogens with zero attached hydrogens (tertiary/aromatic N) is 2. The third-order valence-corrected chi connectivity index (χ3v) is 3.43. The van der Waals surface area contributed by atoms with Crippen molar-refractivity contribution in [3.8, 4) is 0 Å². The fourth-order valence-corrected chi connectivity index (χ4v) is 2.40. The topological polar surface area (TPSA) is 69.7 Å². The average Bonchev–Trinajstić information content (AvgIpc) is 2.66. The molecule has 1 unspecified atom stereocenters. The third kappa shape index (κ3) is 3.91. The summed E-state index contributed by atoms with van der Waals surface area (Å²) in [5.41, 5.74) is 0. The highest BCUT2D eigenvalue weighted by molar-refractivity contribution is 6.02. The van der Waals surface area contributed by atoms with E-state index in [9.17, 15) is 14.4 Å². The number of carbonyl (C=O) groups is 3. The molecule has 0 radical (unpaired) electrons. The van der Waals surface area contributed by atoms with Gasteiger partial charge in [0.15, 0.2) is 0 Å². The Morgan fingerprint density at radius 2 is 1.95 bits per heavy atom. The smallest absolute Gasteiger partial charge is 0.229 e. The number of likely N-dealkylation sites (tertiary alicyclic amines) is 1. The van der Waals surface area contributed by atoms with Crippen molar-refractivity contribution >= 4 is 30.1 Å². The molecule has 0 saturated carbocycles. The molecule has 0 aliphatic carbocycles. The Balaban J connectivity index is 0.00000180. The van der Waals surface area contributed by atoms with Gasteiger partial charge in [-0.3, -0.25) is 19.3 Å². The lowest BCUT2D eigenvalue weighted by Crippen LogP contribution is -2.51. The van der Waals surface area contributed by atoms with Crippen LogP contribution in [-0.4, -0.2) is 59.7 Å². The van der Waals surface area contributed by atoms with Crippen molar-refractivity contribution in [3.05, 3.63) is 0 Å². The van der Waals surface area contributed by atoms with Gasteiger partial charge in [-0.15, -0.1) is 12.4 Å². The number of rotatable bonds is 3. The quantitative estimate of drug-likeness (QED) is 0.729. The van der Waals surface area contributed by atoms with Crippen LogP contribution in [0.5, 0.6) is 0 Å². The summed E-state index contributed by atoms with van der Waals surface area (Å²) >= 11 is 0. The van der Waals surface area contributed by atoms with Crippen LogP contribution in [0.3, 0.4) is 0 Å². The van der Waals surface area contributed by atoms with Crippen molar-refractivity contribution in [2.24, 2.45) is 0 Å². The lowest BCUT2D eigenvalue weighted by Gasteiger charge is -2.32. The van der Waals surface area contributed by atoms with Gasteiger partial charge >= 0.3 is 0 Å². The number of halogens is 1. The molecule has 0 aromatic carbocycles. The SMILES string of the molecule is CC1CN(C(=O)CCN2C(=O)CCC2=O)CCN1.Cl. The predicted octanol–water partition coefficient (Wildman–Crippen LogP) is -0.232. The summed E-state index contributed by atoms with van der Waals surface area (Å²) in [6.45, 7) is 4.46. The maximum Gasteiger partial charge on any atom is 0.229 e. The molecule has 0 aromatic heterocycles. The van der Waals surface area contributed by atoms with Gasteiger partial charge in [-0.05, 0) is 6.92 Å². The van der Waals surface area contributed by atoms with E-state index in [1.807, 2.05) is 6.92 Å². The van der Waals surface area contributed by atoms with Crippen molar-refractivity contribution in [2.75, 3.05) is 26.2 Å². The van der Waals surface area contributed by atoms with Crippen LogP contribution in [0.2, 0.25) is 0 Å². The highest BCUT2D eigenvalue weighted by atomic mass is 35.5. The van der Waals surface area contributed by atoms with Gasteiger partial charge in [-0.1, -0.05) is 0 Å². The summed E-state index contributed by atoms with van der Waals surface area (Å²) in [7, 11) is 0. The van der Waals surface area contributed by atoms with Gasteiger partial charge in [0.05, 0.1) is 0 Å². The number of nitrogens with one attached hydrogen (secondary N) is 1. The lowest BCUT2D eigenvalue weighted by atomic mass is 10.2. The Bertz CT molecular complexity index is 359. The van der Waals surface area contributed by atoms with E-state index in [0.717, 1.165) is 6.54 Å². The molecule has 1 N–H and O–H groups in total. The molecule has 3 amide bonds. The van der Waals surface area contributed by atoms with E-state index < -0.39 is 0 Å². The molecule has 1 atom stereocenters. The predicted molar refractivity (Wildman–Crippen MR) is 71.9 cm³/mol. The Morgan fingerprint density at radius 1 is 1.32 bits per heavy atom. The minimum Gasteiger partial charge on any atom is -0.340 e. The molecule has 6 nitrogen and oxygen atoms in total. The van der Waals surface area contributed by atoms with Crippen LogP contribution in [0.1, 0.15) is 26.2 Å². The summed E-state index contributed by atoms with van der Waals surface area (Å²) in [4.78, 5) is 37.8. The molecule has 2 fully saturated rings. The minimum absolute atomic E-state index is 0. The maximum atomic E-state index is 12.0. The molecule has 2 saturated heterocycles. The summed E-state index contributed by atoms with van der Waals surface area (Å²) in [6, 6.07) is 0.303. The Kier molecular flexibility index (Phi) is 5.75. The van der Waals surface area contributed by atoms with Crippen LogP contribution in [0.4, 0.5) is 0 Å². The zero-order valence-corrected chi connectivity index (χ0v) is 11.9. The van der Waals surface area contributed by atoms with Crippen LogP contribution in [0, 0.1) is 0 Å². The van der Waals surface area contributed by atoms with E-state index in [-0.39, 0.29) is 55.9 Å². The number of amides is 3. The molecule has 19 heavy (non-hydrogen) atoms. The molecule has 2 rings (SSSR count). The number of imide groups is 1. The van der Waals surface area contributed by atoms with Gasteiger partial charge in [0.25, 0.3) is 0 Å². The Hall–Kier alpha value is -1.14. The van der Waals surface area contributed by atoms with Gasteiger partial charge in [0, 0.05) is 51.5 Å². The molecule has 2 aliphatic heterocycles. The number of carbonyl (C=O) groups excluding carboxylic acids is 3. The molecule has 108 valence electrons. The molecule has 0 aromatic rings. The van der Waals surface area contributed by atoms with E-state index in [0.29, 0.717) is 19.1 Å². The van der Waals surface area contributed by atoms with Gasteiger partial charge in [-0.2, -0.15) is 0 Å². The van der Waals surface area contributed by atoms with Crippen LogP contribution in [0.15, 0.2) is 0 Å². The Labute approximate surface area is 118 Å². The van der Waals surface area contributed by atoms with Gasteiger partial charge in [0.1, 0.15) is 0 Å². The van der Waals surface area contributed by atoms with Crippen LogP contribution >= 0.6 is 12.4 Å². The second-order valence-electron chi connectivity index (χ2n) is 4.88. The summed E-state index contributed by atoms with van der Waals surface area (Å²) < 4.78 is 0. The molecule has 0 spiro atoms. The first-order chi connectivity index (χ1) is 8.58. The van der Waals surface area contributed by atoms with Crippen molar-refractivity contribution in [3.63, 3.8) is 0 Å². The third-order valence-electron chi connectivity index (χ3n) is 3.43. The zero-order chi connectivity index (χ0) is 13.1. The second kappa shape index (κ2) is 6.86. The Morgan fingerprint density at radius 3 is 2.53 bits per heavy atom. The van der Waals surface area contributed by atoms with Gasteiger partial charge < -0.3 is 10.2 Å². The van der Waals surface area contributed by atoms with Gasteiger partial charge in [0.2, 0.25) is 17.7 Å². The van der Waals surface area contributed by atoms with Crippen molar-refractivity contribution in [1.82, 2.24) is 15.1 Å². The van der Waals surface area contributed by atoms with Crippen molar-refractivity contribution in [1.29, 1.82) is 0 Å². The van der Waals surface area contributed by atoms with E-state index in [1.54, 1.807) is 4.90 Å². The van der Waals surface area contributed by atoms with E-state index >= 15 is 0 Å². The minimum atomic E-state index is -0.151. The highest BCUT2D eigenvalue weighted by Crippen LogP contribution is 2.12. The first-order valence-electron chi connectivity index (χ1n) is 6.42. The second-order valence-corrected chi connectivity index (χ2v) is 4.88.